The second kappa shape index (κ2) is 13.2. The van der Waals surface area contributed by atoms with Gasteiger partial charge < -0.3 is 25.4 Å². The minimum absolute atomic E-state index is 0.0913. The van der Waals surface area contributed by atoms with E-state index in [1.807, 2.05) is 42.5 Å². The van der Waals surface area contributed by atoms with Crippen LogP contribution in [-0.2, 0) is 11.2 Å². The third-order valence-electron chi connectivity index (χ3n) is 9.13. The Bertz CT molecular complexity index is 1590. The lowest BCUT2D eigenvalue weighted by atomic mass is 9.90. The third-order valence-corrected chi connectivity index (χ3v) is 9.13. The average molecular weight is 599 g/mol. The van der Waals surface area contributed by atoms with Gasteiger partial charge in [-0.1, -0.05) is 18.2 Å². The highest BCUT2D eigenvalue weighted by molar-refractivity contribution is 5.99. The van der Waals surface area contributed by atoms with Crippen molar-refractivity contribution in [1.29, 1.82) is 0 Å². The number of benzene rings is 2. The van der Waals surface area contributed by atoms with E-state index in [0.717, 1.165) is 85.5 Å². The van der Waals surface area contributed by atoms with Gasteiger partial charge in [-0.25, -0.2) is 14.6 Å². The van der Waals surface area contributed by atoms with Crippen molar-refractivity contribution >= 4 is 28.4 Å². The smallest absolute Gasteiger partial charge is 0.224 e. The molecule has 3 N–H and O–H groups in total. The summed E-state index contributed by atoms with van der Waals surface area (Å²) < 4.78 is 13.0. The number of aryl methyl sites for hydroxylation is 1. The number of aromatic nitrogens is 4. The number of ether oxygens (including phenoxy) is 2. The molecule has 0 atom stereocenters. The molecule has 0 radical (unpaired) electrons. The quantitative estimate of drug-likeness (QED) is 0.289. The molecule has 2 aliphatic rings. The predicted molar refractivity (Wildman–Crippen MR) is 172 cm³/mol. The Hall–Kier alpha value is -4.22. The van der Waals surface area contributed by atoms with Crippen molar-refractivity contribution in [3.63, 3.8) is 0 Å². The molecule has 1 saturated heterocycles. The summed E-state index contributed by atoms with van der Waals surface area (Å²) in [6.45, 7) is 4.56. The normalized spacial score (nSPS) is 19.6. The summed E-state index contributed by atoms with van der Waals surface area (Å²) in [5.41, 5.74) is 10.4. The van der Waals surface area contributed by atoms with Crippen molar-refractivity contribution in [1.82, 2.24) is 29.5 Å². The molecule has 232 valence electrons. The first-order valence-corrected chi connectivity index (χ1v) is 15.5. The Balaban J connectivity index is 1.18. The number of amides is 1. The fraction of sp³-hybridized carbons (Fsp3) is 0.455. The summed E-state index contributed by atoms with van der Waals surface area (Å²) in [7, 11) is 5.44. The SMILES string of the molecule is COc1ccc(CCC(=O)Nc2ccc(-c3nn(C4CCC(N5CCN(C)CC5)CC4)c4ncnc(N)c34)cc2OC)cc1. The topological polar surface area (TPSA) is 124 Å². The zero-order valence-electron chi connectivity index (χ0n) is 25.8. The van der Waals surface area contributed by atoms with Crippen molar-refractivity contribution in [2.75, 3.05) is 58.5 Å². The van der Waals surface area contributed by atoms with E-state index in [4.69, 9.17) is 20.3 Å². The molecule has 0 spiro atoms. The van der Waals surface area contributed by atoms with Crippen LogP contribution >= 0.6 is 0 Å². The van der Waals surface area contributed by atoms with Gasteiger partial charge in [0.25, 0.3) is 0 Å². The lowest BCUT2D eigenvalue weighted by Gasteiger charge is -2.41. The minimum Gasteiger partial charge on any atom is -0.497 e. The zero-order chi connectivity index (χ0) is 30.6. The Morgan fingerprint density at radius 2 is 1.68 bits per heavy atom. The molecule has 44 heavy (non-hydrogen) atoms. The number of hydrogen-bond acceptors (Lipinski definition) is 9. The fourth-order valence-electron chi connectivity index (χ4n) is 6.51. The molecule has 6 rings (SSSR count). The molecule has 3 heterocycles. The monoisotopic (exact) mass is 598 g/mol. The van der Waals surface area contributed by atoms with Crippen molar-refractivity contribution in [3.8, 4) is 22.8 Å². The average Bonchev–Trinajstić information content (AvgIpc) is 3.46. The maximum absolute atomic E-state index is 12.8. The minimum atomic E-state index is -0.0913. The van der Waals surface area contributed by atoms with Gasteiger partial charge in [0, 0.05) is 44.2 Å². The number of carbonyl (C=O) groups is 1. The number of methoxy groups -OCH3 is 2. The largest absolute Gasteiger partial charge is 0.497 e. The molecule has 2 aromatic carbocycles. The highest BCUT2D eigenvalue weighted by Gasteiger charge is 2.31. The first-order valence-electron chi connectivity index (χ1n) is 15.5. The van der Waals surface area contributed by atoms with Crippen LogP contribution in [0.1, 0.15) is 43.7 Å². The van der Waals surface area contributed by atoms with E-state index in [2.05, 4.69) is 36.8 Å². The number of nitrogens with one attached hydrogen (secondary N) is 1. The Morgan fingerprint density at radius 1 is 0.955 bits per heavy atom. The molecule has 11 nitrogen and oxygen atoms in total. The molecule has 1 amide bonds. The highest BCUT2D eigenvalue weighted by atomic mass is 16.5. The number of carbonyl (C=O) groups excluding carboxylic acids is 1. The lowest BCUT2D eigenvalue weighted by Crippen LogP contribution is -2.49. The van der Waals surface area contributed by atoms with E-state index in [1.54, 1.807) is 14.2 Å². The molecule has 4 aromatic rings. The maximum Gasteiger partial charge on any atom is 0.224 e. The third kappa shape index (κ3) is 6.34. The second-order valence-corrected chi connectivity index (χ2v) is 11.9. The molecule has 0 unspecified atom stereocenters. The van der Waals surface area contributed by atoms with Crippen molar-refractivity contribution < 1.29 is 14.3 Å². The zero-order valence-corrected chi connectivity index (χ0v) is 25.8. The van der Waals surface area contributed by atoms with Crippen LogP contribution in [0.15, 0.2) is 48.8 Å². The van der Waals surface area contributed by atoms with Gasteiger partial charge in [-0.15, -0.1) is 0 Å². The number of anilines is 2. The van der Waals surface area contributed by atoms with E-state index in [9.17, 15) is 4.79 Å². The van der Waals surface area contributed by atoms with Crippen LogP contribution in [0.25, 0.3) is 22.3 Å². The van der Waals surface area contributed by atoms with Gasteiger partial charge in [-0.05, 0) is 69.0 Å². The van der Waals surface area contributed by atoms with Crippen LogP contribution < -0.4 is 20.5 Å². The molecule has 2 aromatic heterocycles. The van der Waals surface area contributed by atoms with Gasteiger partial charge in [0.05, 0.1) is 31.3 Å². The van der Waals surface area contributed by atoms with Gasteiger partial charge in [0.2, 0.25) is 5.91 Å². The van der Waals surface area contributed by atoms with Gasteiger partial charge in [0.15, 0.2) is 5.65 Å². The van der Waals surface area contributed by atoms with Crippen molar-refractivity contribution in [3.05, 3.63) is 54.4 Å². The highest BCUT2D eigenvalue weighted by Crippen LogP contribution is 2.39. The molecule has 0 bridgehead atoms. The number of nitrogens with two attached hydrogens (primary N) is 1. The van der Waals surface area contributed by atoms with Gasteiger partial charge >= 0.3 is 0 Å². The summed E-state index contributed by atoms with van der Waals surface area (Å²) >= 11 is 0. The number of piperazine rings is 1. The van der Waals surface area contributed by atoms with Crippen LogP contribution in [0.5, 0.6) is 11.5 Å². The van der Waals surface area contributed by atoms with Crippen molar-refractivity contribution in [2.24, 2.45) is 0 Å². The van der Waals surface area contributed by atoms with Gasteiger partial charge in [-0.2, -0.15) is 5.10 Å². The second-order valence-electron chi connectivity index (χ2n) is 11.9. The first-order chi connectivity index (χ1) is 21.4. The molecular weight excluding hydrogens is 556 g/mol. The predicted octanol–water partition coefficient (Wildman–Crippen LogP) is 4.40. The van der Waals surface area contributed by atoms with Crippen LogP contribution in [0, 0.1) is 0 Å². The number of rotatable bonds is 9. The van der Waals surface area contributed by atoms with Gasteiger partial charge in [-0.3, -0.25) is 9.69 Å². The number of fused-ring (bicyclic) bond motifs is 1. The molecule has 1 aliphatic carbocycles. The number of nitrogens with zero attached hydrogens (tertiary/aromatic N) is 6. The Morgan fingerprint density at radius 3 is 2.39 bits per heavy atom. The Kier molecular flexibility index (Phi) is 8.94. The van der Waals surface area contributed by atoms with Crippen molar-refractivity contribution in [2.45, 2.75) is 50.6 Å². The molecular formula is C33H42N8O3. The van der Waals surface area contributed by atoms with Crippen LogP contribution in [0.4, 0.5) is 11.5 Å². The molecule has 2 fully saturated rings. The number of nitrogen functional groups attached to an aromatic ring is 1. The van der Waals surface area contributed by atoms with Gasteiger partial charge in [0.1, 0.15) is 29.3 Å². The molecule has 11 heteroatoms. The standard InChI is InChI=1S/C33H42N8O3/c1-39-16-18-40(19-17-39)24-8-10-25(11-9-24)41-33-30(32(34)35-21-36-33)31(38-41)23-7-14-27(28(20-23)44-3)37-29(42)15-6-22-4-12-26(43-2)13-5-22/h4-5,7,12-14,20-21,24-25H,6,8-11,15-19H2,1-3H3,(H,37,42)(H2,34,35,36). The summed E-state index contributed by atoms with van der Waals surface area (Å²) in [6.07, 6.45) is 6.86. The van der Waals surface area contributed by atoms with Crippen LogP contribution in [0.3, 0.4) is 0 Å². The first kappa shape index (κ1) is 29.8. The maximum atomic E-state index is 12.8. The lowest BCUT2D eigenvalue weighted by molar-refractivity contribution is -0.116. The fourth-order valence-corrected chi connectivity index (χ4v) is 6.51. The summed E-state index contributed by atoms with van der Waals surface area (Å²) in [5, 5.41) is 8.84. The van der Waals surface area contributed by atoms with E-state index in [1.165, 1.54) is 6.33 Å². The van der Waals surface area contributed by atoms with Crippen LogP contribution in [0.2, 0.25) is 0 Å². The van der Waals surface area contributed by atoms with Crippen LogP contribution in [-0.4, -0.2) is 88.9 Å². The molecule has 1 aliphatic heterocycles. The number of hydrogen-bond donors (Lipinski definition) is 2. The van der Waals surface area contributed by atoms with E-state index >= 15 is 0 Å². The summed E-state index contributed by atoms with van der Waals surface area (Å²) in [5.74, 6) is 1.65. The van der Waals surface area contributed by atoms with E-state index < -0.39 is 0 Å². The molecule has 1 saturated carbocycles. The summed E-state index contributed by atoms with van der Waals surface area (Å²) in [6, 6.07) is 14.3. The Labute approximate surface area is 258 Å². The summed E-state index contributed by atoms with van der Waals surface area (Å²) in [4.78, 5) is 26.8. The van der Waals surface area contributed by atoms with E-state index in [-0.39, 0.29) is 11.9 Å². The number of likely N-dealkylation sites (N-methyl/N-ethyl adjacent to an activating group) is 1. The van der Waals surface area contributed by atoms with E-state index in [0.29, 0.717) is 36.1 Å².